The van der Waals surface area contributed by atoms with Crippen LogP contribution in [0.15, 0.2) is 28.9 Å². The van der Waals surface area contributed by atoms with Crippen LogP contribution in [0.2, 0.25) is 24.7 Å². The third-order valence-electron chi connectivity index (χ3n) is 7.89. The molecule has 1 fully saturated rings. The average Bonchev–Trinajstić information content (AvgIpc) is 3.29. The van der Waals surface area contributed by atoms with E-state index >= 15 is 0 Å². The Balaban J connectivity index is 1.49. The van der Waals surface area contributed by atoms with Crippen molar-refractivity contribution in [1.82, 2.24) is 14.7 Å². The molecule has 3 amide bonds. The average molecular weight is 542 g/mol. The number of benzene rings is 1. The topological polar surface area (TPSA) is 119 Å². The van der Waals surface area contributed by atoms with Crippen molar-refractivity contribution in [3.05, 3.63) is 41.5 Å². The Morgan fingerprint density at radius 3 is 2.50 bits per heavy atom. The third-order valence-corrected chi connectivity index (χ3v) is 11.5. The number of hydrogen-bond acceptors (Lipinski definition) is 6. The first-order valence-electron chi connectivity index (χ1n) is 12.7. The van der Waals surface area contributed by atoms with E-state index in [0.717, 1.165) is 17.5 Å². The molecule has 1 aliphatic carbocycles. The molecule has 2 aliphatic rings. The van der Waals surface area contributed by atoms with E-state index in [1.165, 1.54) is 17.2 Å². The SMILES string of the molecule is CCOC(=O)n1nc2c(c1NC(=O)C1([Si](C)(C)C)CC1)CN(C(=O)Nc1c(F)ccc3ccoc13)C2(C)C. The minimum absolute atomic E-state index is 0.0406. The molecule has 3 aromatic rings. The van der Waals surface area contributed by atoms with Crippen molar-refractivity contribution in [3.63, 3.8) is 0 Å². The van der Waals surface area contributed by atoms with Crippen molar-refractivity contribution in [1.29, 1.82) is 0 Å². The Morgan fingerprint density at radius 2 is 1.87 bits per heavy atom. The van der Waals surface area contributed by atoms with Gasteiger partial charge in [0.2, 0.25) is 5.91 Å². The molecule has 0 radical (unpaired) electrons. The first-order valence-corrected chi connectivity index (χ1v) is 16.2. The van der Waals surface area contributed by atoms with Gasteiger partial charge >= 0.3 is 12.1 Å². The van der Waals surface area contributed by atoms with Crippen LogP contribution in [0.3, 0.4) is 0 Å². The summed E-state index contributed by atoms with van der Waals surface area (Å²) in [7, 11) is -1.86. The molecule has 2 aromatic heterocycles. The van der Waals surface area contributed by atoms with Crippen molar-refractivity contribution in [3.8, 4) is 0 Å². The summed E-state index contributed by atoms with van der Waals surface area (Å²) in [6, 6.07) is 3.94. The van der Waals surface area contributed by atoms with Crippen LogP contribution < -0.4 is 10.6 Å². The molecule has 5 rings (SSSR count). The van der Waals surface area contributed by atoms with Gasteiger partial charge in [0.25, 0.3) is 0 Å². The van der Waals surface area contributed by atoms with E-state index in [0.29, 0.717) is 16.6 Å². The maximum absolute atomic E-state index is 14.7. The van der Waals surface area contributed by atoms with Crippen molar-refractivity contribution in [2.75, 3.05) is 17.2 Å². The number of fused-ring (bicyclic) bond motifs is 2. The lowest BCUT2D eigenvalue weighted by molar-refractivity contribution is -0.117. The van der Waals surface area contributed by atoms with E-state index in [1.807, 2.05) is 0 Å². The molecule has 12 heteroatoms. The molecule has 0 spiro atoms. The maximum atomic E-state index is 14.7. The van der Waals surface area contributed by atoms with Gasteiger partial charge in [-0.25, -0.2) is 14.0 Å². The first kappa shape index (κ1) is 26.0. The molecule has 202 valence electrons. The van der Waals surface area contributed by atoms with Gasteiger partial charge < -0.3 is 24.7 Å². The minimum atomic E-state index is -1.86. The molecule has 1 saturated carbocycles. The number of anilines is 2. The Labute approximate surface area is 220 Å². The number of nitrogens with one attached hydrogen (secondary N) is 2. The molecule has 0 saturated heterocycles. The molecule has 1 aromatic carbocycles. The van der Waals surface area contributed by atoms with Crippen LogP contribution in [0.4, 0.5) is 25.5 Å². The highest BCUT2D eigenvalue weighted by Gasteiger charge is 2.59. The van der Waals surface area contributed by atoms with E-state index in [-0.39, 0.29) is 36.1 Å². The second-order valence-corrected chi connectivity index (χ2v) is 16.9. The number of amides is 3. The Morgan fingerprint density at radius 1 is 1.16 bits per heavy atom. The van der Waals surface area contributed by atoms with Gasteiger partial charge in [-0.15, -0.1) is 4.68 Å². The fraction of sp³-hybridized carbons (Fsp3) is 0.462. The molecular formula is C26H32FN5O5Si. The number of urea groups is 1. The number of hydrogen-bond donors (Lipinski definition) is 2. The van der Waals surface area contributed by atoms with Crippen LogP contribution >= 0.6 is 0 Å². The van der Waals surface area contributed by atoms with Crippen LogP contribution in [-0.4, -0.2) is 47.4 Å². The van der Waals surface area contributed by atoms with Gasteiger partial charge in [0.15, 0.2) is 11.4 Å². The summed E-state index contributed by atoms with van der Waals surface area (Å²) in [5.74, 6) is -0.565. The summed E-state index contributed by atoms with van der Waals surface area (Å²) >= 11 is 0. The van der Waals surface area contributed by atoms with Gasteiger partial charge in [-0.05, 0) is 51.8 Å². The summed E-state index contributed by atoms with van der Waals surface area (Å²) in [6.07, 6.45) is 2.31. The minimum Gasteiger partial charge on any atom is -0.462 e. The van der Waals surface area contributed by atoms with Gasteiger partial charge in [-0.3, -0.25) is 4.79 Å². The number of carbonyl (C=O) groups is 3. The van der Waals surface area contributed by atoms with Crippen molar-refractivity contribution < 1.29 is 27.9 Å². The van der Waals surface area contributed by atoms with Gasteiger partial charge in [0.05, 0.1) is 38.7 Å². The summed E-state index contributed by atoms with van der Waals surface area (Å²) in [4.78, 5) is 41.3. The molecule has 38 heavy (non-hydrogen) atoms. The summed E-state index contributed by atoms with van der Waals surface area (Å²) in [5, 5.41) is 10.4. The Hall–Kier alpha value is -3.67. The zero-order valence-electron chi connectivity index (χ0n) is 22.4. The zero-order valence-corrected chi connectivity index (χ0v) is 23.4. The summed E-state index contributed by atoms with van der Waals surface area (Å²) < 4.78 is 26.3. The smallest absolute Gasteiger partial charge is 0.436 e. The van der Waals surface area contributed by atoms with Crippen LogP contribution in [0, 0.1) is 5.82 Å². The maximum Gasteiger partial charge on any atom is 0.436 e. The fourth-order valence-corrected chi connectivity index (χ4v) is 7.68. The van der Waals surface area contributed by atoms with Crippen LogP contribution in [0.1, 0.15) is 44.9 Å². The second-order valence-electron chi connectivity index (χ2n) is 11.4. The van der Waals surface area contributed by atoms with Gasteiger partial charge in [-0.2, -0.15) is 5.10 Å². The fourth-order valence-electron chi connectivity index (χ4n) is 5.32. The Bertz CT molecular complexity index is 1470. The number of ether oxygens (including phenoxy) is 1. The van der Waals surface area contributed by atoms with E-state index in [1.54, 1.807) is 32.9 Å². The van der Waals surface area contributed by atoms with E-state index < -0.39 is 36.6 Å². The van der Waals surface area contributed by atoms with Gasteiger partial charge in [0.1, 0.15) is 11.5 Å². The van der Waals surface area contributed by atoms with E-state index in [2.05, 4.69) is 35.4 Å². The molecule has 1 aliphatic heterocycles. The second kappa shape index (κ2) is 8.68. The molecule has 3 heterocycles. The van der Waals surface area contributed by atoms with Crippen LogP contribution in [0.25, 0.3) is 11.0 Å². The van der Waals surface area contributed by atoms with Gasteiger partial charge in [-0.1, -0.05) is 19.6 Å². The van der Waals surface area contributed by atoms with Crippen molar-refractivity contribution in [2.24, 2.45) is 0 Å². The molecule has 0 unspecified atom stereocenters. The Kier molecular flexibility index (Phi) is 5.93. The lowest BCUT2D eigenvalue weighted by atomic mass is 10.0. The number of halogens is 1. The normalized spacial score (nSPS) is 17.3. The zero-order chi connectivity index (χ0) is 27.6. The number of rotatable bonds is 5. The first-order chi connectivity index (χ1) is 17.8. The largest absolute Gasteiger partial charge is 0.462 e. The molecule has 2 N–H and O–H groups in total. The van der Waals surface area contributed by atoms with Gasteiger partial charge in [0, 0.05) is 16.0 Å². The highest BCUT2D eigenvalue weighted by atomic mass is 28.3. The highest BCUT2D eigenvalue weighted by molar-refractivity contribution is 6.83. The standard InChI is InChI=1S/C26H32FN5O5Si/c1-7-36-24(35)32-21(29-22(33)26(11-12-26)38(4,5)6)16-14-31(25(2,3)20(16)30-32)23(34)28-18-17(27)9-8-15-10-13-37-19(15)18/h8-10,13H,7,11-12,14H2,1-6H3,(H,28,34)(H,29,33). The molecule has 0 bridgehead atoms. The monoisotopic (exact) mass is 541 g/mol. The van der Waals surface area contributed by atoms with E-state index in [9.17, 15) is 18.8 Å². The number of aromatic nitrogens is 2. The summed E-state index contributed by atoms with van der Waals surface area (Å²) in [6.45, 7) is 11.9. The third kappa shape index (κ3) is 3.89. The number of carbonyl (C=O) groups excluding carboxylic acids is 3. The highest BCUT2D eigenvalue weighted by Crippen LogP contribution is 2.61. The molecule has 0 atom stereocenters. The van der Waals surface area contributed by atoms with E-state index in [4.69, 9.17) is 9.15 Å². The number of furan rings is 1. The van der Waals surface area contributed by atoms with Crippen LogP contribution in [-0.2, 0) is 21.6 Å². The molecular weight excluding hydrogens is 509 g/mol. The van der Waals surface area contributed by atoms with Crippen molar-refractivity contribution in [2.45, 2.75) is 70.4 Å². The molecule has 10 nitrogen and oxygen atoms in total. The lowest BCUT2D eigenvalue weighted by Gasteiger charge is -2.31. The van der Waals surface area contributed by atoms with Crippen molar-refractivity contribution >= 4 is 48.6 Å². The van der Waals surface area contributed by atoms with Crippen LogP contribution in [0.5, 0.6) is 0 Å². The number of nitrogens with zero attached hydrogens (tertiary/aromatic N) is 3. The predicted molar refractivity (Wildman–Crippen MR) is 142 cm³/mol. The summed E-state index contributed by atoms with van der Waals surface area (Å²) in [5.41, 5.74) is 0.170. The predicted octanol–water partition coefficient (Wildman–Crippen LogP) is 5.87. The lowest BCUT2D eigenvalue weighted by Crippen LogP contribution is -2.43. The quantitative estimate of drug-likeness (QED) is 0.390.